The summed E-state index contributed by atoms with van der Waals surface area (Å²) in [6, 6.07) is 0. The molecule has 0 rings (SSSR count). The van der Waals surface area contributed by atoms with Crippen molar-refractivity contribution in [2.24, 2.45) is 0 Å². The van der Waals surface area contributed by atoms with Gasteiger partial charge in [0.2, 0.25) is 0 Å². The molecule has 0 N–H and O–H groups in total. The minimum Gasteiger partial charge on any atom is -0.459 e. The summed E-state index contributed by atoms with van der Waals surface area (Å²) in [6.45, 7) is 8.72. The van der Waals surface area contributed by atoms with Crippen LogP contribution in [0.25, 0.3) is 0 Å². The van der Waals surface area contributed by atoms with Crippen molar-refractivity contribution in [2.45, 2.75) is 155 Å². The molecule has 0 aliphatic heterocycles. The first-order valence-electron chi connectivity index (χ1n) is 13.7. The summed E-state index contributed by atoms with van der Waals surface area (Å²) in [5.41, 5.74) is 0. The van der Waals surface area contributed by atoms with E-state index in [2.05, 4.69) is 27.7 Å². The summed E-state index contributed by atoms with van der Waals surface area (Å²) in [5, 5.41) is 0. The fourth-order valence-electron chi connectivity index (χ4n) is 3.88. The van der Waals surface area contributed by atoms with Crippen LogP contribution in [-0.2, 0) is 19.1 Å². The summed E-state index contributed by atoms with van der Waals surface area (Å²) < 4.78 is 11.3. The first kappa shape index (κ1) is 30.7. The van der Waals surface area contributed by atoms with Gasteiger partial charge in [-0.25, -0.2) is 9.59 Å². The largest absolute Gasteiger partial charge is 0.459 e. The zero-order chi connectivity index (χ0) is 23.9. The van der Waals surface area contributed by atoms with Crippen molar-refractivity contribution in [3.8, 4) is 0 Å². The summed E-state index contributed by atoms with van der Waals surface area (Å²) in [5.74, 6) is -0.859. The summed E-state index contributed by atoms with van der Waals surface area (Å²) in [6.07, 6.45) is 22.3. The lowest BCUT2D eigenvalue weighted by Gasteiger charge is -2.17. The number of esters is 2. The molecule has 0 amide bonds. The standard InChI is InChI=1S/C28H52O4/c1-5-9-13-15-17-21-25(19-11-7-3)31-27(29)23-24-28(30)32-26(20-12-8-4)22-18-16-14-10-6-2/h23-26H,5-22H2,1-4H3/b24-23+. The highest BCUT2D eigenvalue weighted by Crippen LogP contribution is 2.16. The van der Waals surface area contributed by atoms with E-state index in [1.165, 1.54) is 63.5 Å². The minimum atomic E-state index is -0.429. The van der Waals surface area contributed by atoms with Crippen molar-refractivity contribution in [1.29, 1.82) is 0 Å². The van der Waals surface area contributed by atoms with Gasteiger partial charge in [0, 0.05) is 12.2 Å². The third-order valence-electron chi connectivity index (χ3n) is 5.94. The maximum absolute atomic E-state index is 12.3. The highest BCUT2D eigenvalue weighted by Gasteiger charge is 2.15. The molecule has 0 aromatic carbocycles. The van der Waals surface area contributed by atoms with Crippen LogP contribution >= 0.6 is 0 Å². The van der Waals surface area contributed by atoms with Crippen molar-refractivity contribution in [2.75, 3.05) is 0 Å². The fourth-order valence-corrected chi connectivity index (χ4v) is 3.88. The Hall–Kier alpha value is -1.32. The Balaban J connectivity index is 4.47. The van der Waals surface area contributed by atoms with Crippen molar-refractivity contribution >= 4 is 11.9 Å². The van der Waals surface area contributed by atoms with Gasteiger partial charge in [-0.1, -0.05) is 105 Å². The van der Waals surface area contributed by atoms with Crippen LogP contribution in [0.4, 0.5) is 0 Å². The molecule has 2 unspecified atom stereocenters. The first-order chi connectivity index (χ1) is 15.6. The number of hydrogen-bond acceptors (Lipinski definition) is 4. The van der Waals surface area contributed by atoms with E-state index in [1.54, 1.807) is 0 Å². The van der Waals surface area contributed by atoms with Gasteiger partial charge in [-0.05, 0) is 38.5 Å². The number of carbonyl (C=O) groups is 2. The Bertz CT molecular complexity index is 430. The van der Waals surface area contributed by atoms with Crippen molar-refractivity contribution in [1.82, 2.24) is 0 Å². The van der Waals surface area contributed by atoms with Gasteiger partial charge in [0.05, 0.1) is 0 Å². The van der Waals surface area contributed by atoms with Crippen molar-refractivity contribution in [3.63, 3.8) is 0 Å². The van der Waals surface area contributed by atoms with E-state index >= 15 is 0 Å². The quantitative estimate of drug-likeness (QED) is 0.0938. The number of rotatable bonds is 22. The zero-order valence-electron chi connectivity index (χ0n) is 21.7. The third kappa shape index (κ3) is 19.4. The van der Waals surface area contributed by atoms with E-state index < -0.39 is 11.9 Å². The van der Waals surface area contributed by atoms with Crippen LogP contribution in [0.15, 0.2) is 12.2 Å². The normalized spacial score (nSPS) is 13.2. The monoisotopic (exact) mass is 452 g/mol. The third-order valence-corrected chi connectivity index (χ3v) is 5.94. The fraction of sp³-hybridized carbons (Fsp3) is 0.857. The van der Waals surface area contributed by atoms with Crippen LogP contribution in [0.3, 0.4) is 0 Å². The number of carbonyl (C=O) groups excluding carboxylic acids is 2. The predicted octanol–water partition coefficient (Wildman–Crippen LogP) is 8.47. The molecule has 0 bridgehead atoms. The second-order valence-electron chi connectivity index (χ2n) is 9.14. The predicted molar refractivity (Wildman–Crippen MR) is 135 cm³/mol. The Morgan fingerprint density at radius 3 is 1.16 bits per heavy atom. The molecule has 4 heteroatoms. The van der Waals surface area contributed by atoms with E-state index in [4.69, 9.17) is 9.47 Å². The maximum Gasteiger partial charge on any atom is 0.331 e. The molecule has 0 saturated carbocycles. The highest BCUT2D eigenvalue weighted by atomic mass is 16.5. The average molecular weight is 453 g/mol. The second kappa shape index (κ2) is 22.9. The molecule has 4 nitrogen and oxygen atoms in total. The molecular formula is C28H52O4. The molecule has 0 aliphatic rings. The van der Waals surface area contributed by atoms with Crippen LogP contribution in [0, 0.1) is 0 Å². The molecule has 0 saturated heterocycles. The van der Waals surface area contributed by atoms with Crippen molar-refractivity contribution in [3.05, 3.63) is 12.2 Å². The molecule has 0 aliphatic carbocycles. The van der Waals surface area contributed by atoms with Gasteiger partial charge in [-0.3, -0.25) is 0 Å². The van der Waals surface area contributed by atoms with Gasteiger partial charge in [0.25, 0.3) is 0 Å². The lowest BCUT2D eigenvalue weighted by molar-refractivity contribution is -0.146. The summed E-state index contributed by atoms with van der Waals surface area (Å²) >= 11 is 0. The molecule has 0 aromatic heterocycles. The van der Waals surface area contributed by atoms with Gasteiger partial charge in [0.1, 0.15) is 12.2 Å². The molecule has 0 fully saturated rings. The van der Waals surface area contributed by atoms with E-state index in [1.807, 2.05) is 0 Å². The molecule has 0 heterocycles. The number of unbranched alkanes of at least 4 members (excludes halogenated alkanes) is 10. The van der Waals surface area contributed by atoms with Gasteiger partial charge >= 0.3 is 11.9 Å². The molecule has 188 valence electrons. The van der Waals surface area contributed by atoms with E-state index in [9.17, 15) is 9.59 Å². The first-order valence-corrected chi connectivity index (χ1v) is 13.7. The summed E-state index contributed by atoms with van der Waals surface area (Å²) in [7, 11) is 0. The Kier molecular flexibility index (Phi) is 21.9. The molecule has 0 radical (unpaired) electrons. The zero-order valence-corrected chi connectivity index (χ0v) is 21.7. The maximum atomic E-state index is 12.3. The van der Waals surface area contributed by atoms with E-state index in [0.29, 0.717) is 0 Å². The molecule has 0 aromatic rings. The van der Waals surface area contributed by atoms with Gasteiger partial charge in [-0.15, -0.1) is 0 Å². The van der Waals surface area contributed by atoms with Crippen LogP contribution in [0.2, 0.25) is 0 Å². The van der Waals surface area contributed by atoms with Gasteiger partial charge < -0.3 is 9.47 Å². The van der Waals surface area contributed by atoms with Crippen LogP contribution in [0.5, 0.6) is 0 Å². The number of ether oxygens (including phenoxy) is 2. The second-order valence-corrected chi connectivity index (χ2v) is 9.14. The lowest BCUT2D eigenvalue weighted by Crippen LogP contribution is -2.19. The Morgan fingerprint density at radius 2 is 0.812 bits per heavy atom. The highest BCUT2D eigenvalue weighted by molar-refractivity contribution is 5.91. The molecule has 32 heavy (non-hydrogen) atoms. The SMILES string of the molecule is CCCCCCCC(CCCC)OC(=O)/C=C/C(=O)OC(CCCC)CCCCCCC. The topological polar surface area (TPSA) is 52.6 Å². The Morgan fingerprint density at radius 1 is 0.500 bits per heavy atom. The van der Waals surface area contributed by atoms with E-state index in [0.717, 1.165) is 64.2 Å². The van der Waals surface area contributed by atoms with Crippen molar-refractivity contribution < 1.29 is 19.1 Å². The lowest BCUT2D eigenvalue weighted by atomic mass is 10.0. The molecular weight excluding hydrogens is 400 g/mol. The van der Waals surface area contributed by atoms with Crippen LogP contribution in [-0.4, -0.2) is 24.1 Å². The van der Waals surface area contributed by atoms with E-state index in [-0.39, 0.29) is 12.2 Å². The molecule has 0 spiro atoms. The van der Waals surface area contributed by atoms with Crippen LogP contribution < -0.4 is 0 Å². The van der Waals surface area contributed by atoms with Gasteiger partial charge in [-0.2, -0.15) is 0 Å². The van der Waals surface area contributed by atoms with Crippen LogP contribution in [0.1, 0.15) is 143 Å². The minimum absolute atomic E-state index is 0.0508. The smallest absolute Gasteiger partial charge is 0.331 e. The number of hydrogen-bond donors (Lipinski definition) is 0. The Labute approximate surface area is 198 Å². The van der Waals surface area contributed by atoms with Gasteiger partial charge in [0.15, 0.2) is 0 Å². The average Bonchev–Trinajstić information content (AvgIpc) is 2.78. The molecule has 2 atom stereocenters. The summed E-state index contributed by atoms with van der Waals surface area (Å²) in [4.78, 5) is 24.5.